The Hall–Kier alpha value is -3.20. The number of rotatable bonds is 8. The Morgan fingerprint density at radius 2 is 1.64 bits per heavy atom. The van der Waals surface area contributed by atoms with Crippen molar-refractivity contribution in [1.29, 1.82) is 0 Å². The van der Waals surface area contributed by atoms with Crippen molar-refractivity contribution in [3.05, 3.63) is 94.0 Å². The van der Waals surface area contributed by atoms with Crippen LogP contribution in [-0.2, 0) is 27.8 Å². The van der Waals surface area contributed by atoms with E-state index in [1.54, 1.807) is 25.1 Å². The van der Waals surface area contributed by atoms with Crippen molar-refractivity contribution >= 4 is 21.6 Å². The smallest absolute Gasteiger partial charge is 0.262 e. The standard InChI is InChI=1S/C28H33N3O4S/c1-20-7-8-21(2)26(15-20)30-36(33,34)27-17-25(10-9-22(27)3)28(32)29-18-23-5-4-6-24(16-23)19-31-11-13-35-14-12-31/h4-10,15-17,30H,11-14,18-19H2,1-3H3,(H,29,32). The normalized spacial score (nSPS) is 14.4. The van der Waals surface area contributed by atoms with Crippen molar-refractivity contribution in [3.63, 3.8) is 0 Å². The van der Waals surface area contributed by atoms with Gasteiger partial charge in [-0.2, -0.15) is 0 Å². The molecule has 3 aromatic rings. The van der Waals surface area contributed by atoms with Gasteiger partial charge in [-0.25, -0.2) is 8.42 Å². The Kier molecular flexibility index (Phi) is 8.08. The summed E-state index contributed by atoms with van der Waals surface area (Å²) in [7, 11) is -3.87. The summed E-state index contributed by atoms with van der Waals surface area (Å²) < 4.78 is 34.5. The van der Waals surface area contributed by atoms with Gasteiger partial charge in [-0.3, -0.25) is 14.4 Å². The number of amides is 1. The molecule has 3 aromatic carbocycles. The molecule has 0 atom stereocenters. The molecular weight excluding hydrogens is 474 g/mol. The number of benzene rings is 3. The van der Waals surface area contributed by atoms with Crippen LogP contribution in [0.5, 0.6) is 0 Å². The van der Waals surface area contributed by atoms with Crippen LogP contribution in [0.25, 0.3) is 0 Å². The van der Waals surface area contributed by atoms with E-state index in [-0.39, 0.29) is 10.8 Å². The fraction of sp³-hybridized carbons (Fsp3) is 0.321. The maximum absolute atomic E-state index is 13.2. The minimum Gasteiger partial charge on any atom is -0.379 e. The highest BCUT2D eigenvalue weighted by atomic mass is 32.2. The van der Waals surface area contributed by atoms with Crippen LogP contribution in [0.2, 0.25) is 0 Å². The minimum absolute atomic E-state index is 0.0866. The van der Waals surface area contributed by atoms with E-state index in [4.69, 9.17) is 4.74 Å². The average Bonchev–Trinajstić information content (AvgIpc) is 2.85. The highest BCUT2D eigenvalue weighted by molar-refractivity contribution is 7.92. The minimum atomic E-state index is -3.87. The molecule has 0 bridgehead atoms. The first-order valence-electron chi connectivity index (χ1n) is 12.1. The third-order valence-corrected chi connectivity index (χ3v) is 7.84. The lowest BCUT2D eigenvalue weighted by atomic mass is 10.1. The molecule has 0 unspecified atom stereocenters. The lowest BCUT2D eigenvalue weighted by Gasteiger charge is -2.26. The van der Waals surface area contributed by atoms with Gasteiger partial charge in [0.05, 0.1) is 23.8 Å². The van der Waals surface area contributed by atoms with Crippen molar-refractivity contribution in [2.75, 3.05) is 31.0 Å². The monoisotopic (exact) mass is 507 g/mol. The van der Waals surface area contributed by atoms with Gasteiger partial charge in [0.25, 0.3) is 15.9 Å². The Balaban J connectivity index is 1.44. The first-order chi connectivity index (χ1) is 17.2. The highest BCUT2D eigenvalue weighted by Gasteiger charge is 2.20. The molecule has 36 heavy (non-hydrogen) atoms. The number of nitrogens with zero attached hydrogens (tertiary/aromatic N) is 1. The van der Waals surface area contributed by atoms with E-state index in [1.165, 1.54) is 11.6 Å². The number of carbonyl (C=O) groups is 1. The number of hydrogen-bond donors (Lipinski definition) is 2. The van der Waals surface area contributed by atoms with Crippen molar-refractivity contribution in [1.82, 2.24) is 10.2 Å². The van der Waals surface area contributed by atoms with Gasteiger partial charge >= 0.3 is 0 Å². The number of morpholine rings is 1. The number of ether oxygens (including phenoxy) is 1. The van der Waals surface area contributed by atoms with Crippen LogP contribution in [-0.4, -0.2) is 45.5 Å². The van der Waals surface area contributed by atoms with Gasteiger partial charge in [0, 0.05) is 31.7 Å². The van der Waals surface area contributed by atoms with E-state index in [9.17, 15) is 13.2 Å². The van der Waals surface area contributed by atoms with Crippen molar-refractivity contribution in [2.24, 2.45) is 0 Å². The second-order valence-electron chi connectivity index (χ2n) is 9.30. The van der Waals surface area contributed by atoms with Gasteiger partial charge in [-0.15, -0.1) is 0 Å². The molecule has 1 heterocycles. The molecule has 0 spiro atoms. The molecule has 1 fully saturated rings. The van der Waals surface area contributed by atoms with Crippen molar-refractivity contribution in [2.45, 2.75) is 38.8 Å². The summed E-state index contributed by atoms with van der Waals surface area (Å²) in [5.41, 5.74) is 5.35. The summed E-state index contributed by atoms with van der Waals surface area (Å²) >= 11 is 0. The van der Waals surface area contributed by atoms with Crippen LogP contribution < -0.4 is 10.0 Å². The molecule has 0 aliphatic carbocycles. The molecule has 0 aromatic heterocycles. The van der Waals surface area contributed by atoms with Crippen LogP contribution in [0, 0.1) is 20.8 Å². The SMILES string of the molecule is Cc1ccc(C)c(NS(=O)(=O)c2cc(C(=O)NCc3cccc(CN4CCOCC4)c3)ccc2C)c1. The lowest BCUT2D eigenvalue weighted by molar-refractivity contribution is 0.0342. The molecule has 1 saturated heterocycles. The van der Waals surface area contributed by atoms with Gasteiger partial charge in [0.2, 0.25) is 0 Å². The predicted octanol–water partition coefficient (Wildman–Crippen LogP) is 4.17. The Morgan fingerprint density at radius 1 is 0.917 bits per heavy atom. The van der Waals surface area contributed by atoms with Crippen LogP contribution in [0.15, 0.2) is 65.6 Å². The Bertz CT molecular complexity index is 1350. The fourth-order valence-corrected chi connectivity index (χ4v) is 5.61. The van der Waals surface area contributed by atoms with Crippen molar-refractivity contribution in [3.8, 4) is 0 Å². The van der Waals surface area contributed by atoms with E-state index in [2.05, 4.69) is 27.1 Å². The molecule has 8 heteroatoms. The molecule has 2 N–H and O–H groups in total. The van der Waals surface area contributed by atoms with Gasteiger partial charge in [0.1, 0.15) is 0 Å². The topological polar surface area (TPSA) is 87.7 Å². The van der Waals surface area contributed by atoms with Crippen LogP contribution in [0.3, 0.4) is 0 Å². The number of aryl methyl sites for hydroxylation is 3. The van der Waals surface area contributed by atoms with Gasteiger partial charge < -0.3 is 10.1 Å². The zero-order valence-electron chi connectivity index (χ0n) is 21.0. The number of nitrogens with one attached hydrogen (secondary N) is 2. The molecule has 1 aliphatic rings. The first kappa shape index (κ1) is 25.9. The Labute approximate surface area is 213 Å². The predicted molar refractivity (Wildman–Crippen MR) is 142 cm³/mol. The highest BCUT2D eigenvalue weighted by Crippen LogP contribution is 2.24. The number of anilines is 1. The second-order valence-corrected chi connectivity index (χ2v) is 10.9. The summed E-state index contributed by atoms with van der Waals surface area (Å²) in [6, 6.07) is 18.5. The van der Waals surface area contributed by atoms with Gasteiger partial charge in [-0.1, -0.05) is 42.5 Å². The number of sulfonamides is 1. The summed E-state index contributed by atoms with van der Waals surface area (Å²) in [5.74, 6) is -0.322. The molecule has 0 radical (unpaired) electrons. The Morgan fingerprint density at radius 3 is 2.42 bits per heavy atom. The van der Waals surface area contributed by atoms with Crippen LogP contribution >= 0.6 is 0 Å². The van der Waals surface area contributed by atoms with Gasteiger partial charge in [-0.05, 0) is 66.8 Å². The second kappa shape index (κ2) is 11.2. The third kappa shape index (κ3) is 6.51. The molecule has 190 valence electrons. The van der Waals surface area contributed by atoms with Crippen molar-refractivity contribution < 1.29 is 17.9 Å². The zero-order chi connectivity index (χ0) is 25.7. The molecule has 4 rings (SSSR count). The van der Waals surface area contributed by atoms with Crippen LogP contribution in [0.1, 0.15) is 38.2 Å². The maximum Gasteiger partial charge on any atom is 0.262 e. The molecule has 1 amide bonds. The number of hydrogen-bond acceptors (Lipinski definition) is 5. The molecule has 0 saturated carbocycles. The quantitative estimate of drug-likeness (QED) is 0.478. The number of carbonyl (C=O) groups excluding carboxylic acids is 1. The van der Waals surface area contributed by atoms with Crippen LogP contribution in [0.4, 0.5) is 5.69 Å². The van der Waals surface area contributed by atoms with Gasteiger partial charge in [0.15, 0.2) is 0 Å². The van der Waals surface area contributed by atoms with E-state index < -0.39 is 10.0 Å². The summed E-state index contributed by atoms with van der Waals surface area (Å²) in [4.78, 5) is 15.4. The van der Waals surface area contributed by atoms with E-state index in [0.717, 1.165) is 49.5 Å². The van der Waals surface area contributed by atoms with E-state index >= 15 is 0 Å². The van der Waals surface area contributed by atoms with E-state index in [1.807, 2.05) is 38.1 Å². The largest absolute Gasteiger partial charge is 0.379 e. The molecular formula is C28H33N3O4S. The molecule has 7 nitrogen and oxygen atoms in total. The first-order valence-corrected chi connectivity index (χ1v) is 13.6. The third-order valence-electron chi connectivity index (χ3n) is 6.33. The summed E-state index contributed by atoms with van der Waals surface area (Å²) in [6.07, 6.45) is 0. The summed E-state index contributed by atoms with van der Waals surface area (Å²) in [5, 5.41) is 2.92. The molecule has 1 aliphatic heterocycles. The maximum atomic E-state index is 13.2. The lowest BCUT2D eigenvalue weighted by Crippen LogP contribution is -2.35. The van der Waals surface area contributed by atoms with E-state index in [0.29, 0.717) is 23.4 Å². The average molecular weight is 508 g/mol. The summed E-state index contributed by atoms with van der Waals surface area (Å²) in [6.45, 7) is 10.0. The zero-order valence-corrected chi connectivity index (χ0v) is 21.8. The fourth-order valence-electron chi connectivity index (χ4n) is 4.22.